The fourth-order valence-electron chi connectivity index (χ4n) is 1.93. The molecule has 21 heavy (non-hydrogen) atoms. The maximum absolute atomic E-state index is 12.5. The van der Waals surface area contributed by atoms with Crippen molar-refractivity contribution in [3.8, 4) is 5.13 Å². The summed E-state index contributed by atoms with van der Waals surface area (Å²) in [6.45, 7) is 1.41. The predicted octanol–water partition coefficient (Wildman–Crippen LogP) is 3.54. The van der Waals surface area contributed by atoms with Gasteiger partial charge in [0.05, 0.1) is 27.7 Å². The number of rotatable bonds is 2. The summed E-state index contributed by atoms with van der Waals surface area (Å²) < 4.78 is 39.6. The molecule has 2 aromatic heterocycles. The Morgan fingerprint density at radius 1 is 1.29 bits per heavy atom. The molecule has 0 aliphatic rings. The maximum atomic E-state index is 12.5. The molecule has 0 unspecified atom stereocenters. The first kappa shape index (κ1) is 13.7. The first-order chi connectivity index (χ1) is 9.88. The van der Waals surface area contributed by atoms with Crippen LogP contribution in [0.25, 0.3) is 15.3 Å². The third-order valence-corrected chi connectivity index (χ3v) is 3.99. The molecule has 3 rings (SSSR count). The van der Waals surface area contributed by atoms with E-state index < -0.39 is 17.5 Å². The first-order valence-electron chi connectivity index (χ1n) is 5.90. The number of thiazole rings is 1. The lowest BCUT2D eigenvalue weighted by molar-refractivity contribution is -0.0885. The van der Waals surface area contributed by atoms with Gasteiger partial charge in [0, 0.05) is 0 Å². The van der Waals surface area contributed by atoms with Gasteiger partial charge < -0.3 is 0 Å². The second kappa shape index (κ2) is 4.66. The third-order valence-electron chi connectivity index (χ3n) is 2.98. The molecule has 0 spiro atoms. The standard InChI is InChI=1S/C13H8F3N3OS/c1-7-8(11(20)13(14,15)16)6-17-19(7)12-18-9-4-2-3-5-10(9)21-12/h2-6H,1H3. The van der Waals surface area contributed by atoms with Gasteiger partial charge in [0.25, 0.3) is 5.78 Å². The molecule has 0 aliphatic heterocycles. The molecule has 0 bridgehead atoms. The molecule has 3 aromatic rings. The molecule has 1 aromatic carbocycles. The molecule has 8 heteroatoms. The molecule has 0 saturated carbocycles. The number of nitrogens with zero attached hydrogens (tertiary/aromatic N) is 3. The summed E-state index contributed by atoms with van der Waals surface area (Å²) in [5.41, 5.74) is 0.397. The molecule has 0 saturated heterocycles. The van der Waals surface area contributed by atoms with Crippen LogP contribution in [0.15, 0.2) is 30.5 Å². The molecule has 0 fully saturated rings. The molecule has 108 valence electrons. The summed E-state index contributed by atoms with van der Waals surface area (Å²) in [6, 6.07) is 7.33. The Balaban J connectivity index is 2.08. The van der Waals surface area contributed by atoms with Gasteiger partial charge in [-0.1, -0.05) is 23.5 Å². The van der Waals surface area contributed by atoms with E-state index in [-0.39, 0.29) is 5.69 Å². The SMILES string of the molecule is Cc1c(C(=O)C(F)(F)F)cnn1-c1nc2ccccc2s1. The molecular weight excluding hydrogens is 303 g/mol. The molecule has 2 heterocycles. The quantitative estimate of drug-likeness (QED) is 0.680. The molecule has 0 aliphatic carbocycles. The van der Waals surface area contributed by atoms with E-state index >= 15 is 0 Å². The zero-order chi connectivity index (χ0) is 15.2. The van der Waals surface area contributed by atoms with Gasteiger partial charge in [-0.15, -0.1) is 0 Å². The number of ketones is 1. The van der Waals surface area contributed by atoms with Gasteiger partial charge in [-0.2, -0.15) is 18.3 Å². The van der Waals surface area contributed by atoms with Crippen LogP contribution in [-0.4, -0.2) is 26.7 Å². The van der Waals surface area contributed by atoms with Crippen LogP contribution >= 0.6 is 11.3 Å². The molecule has 0 radical (unpaired) electrons. The highest BCUT2D eigenvalue weighted by Crippen LogP contribution is 2.28. The zero-order valence-corrected chi connectivity index (χ0v) is 11.5. The Kier molecular flexibility index (Phi) is 3.05. The van der Waals surface area contributed by atoms with E-state index in [2.05, 4.69) is 10.1 Å². The normalized spacial score (nSPS) is 12.0. The topological polar surface area (TPSA) is 47.8 Å². The first-order valence-corrected chi connectivity index (χ1v) is 6.71. The summed E-state index contributed by atoms with van der Waals surface area (Å²) in [6.07, 6.45) is -3.98. The number of aromatic nitrogens is 3. The second-order valence-electron chi connectivity index (χ2n) is 4.35. The van der Waals surface area contributed by atoms with Crippen molar-refractivity contribution in [1.82, 2.24) is 14.8 Å². The van der Waals surface area contributed by atoms with Crippen molar-refractivity contribution < 1.29 is 18.0 Å². The highest BCUT2D eigenvalue weighted by Gasteiger charge is 2.41. The van der Waals surface area contributed by atoms with Crippen molar-refractivity contribution in [3.05, 3.63) is 41.7 Å². The van der Waals surface area contributed by atoms with Gasteiger partial charge in [0.2, 0.25) is 5.13 Å². The number of hydrogen-bond acceptors (Lipinski definition) is 4. The number of alkyl halides is 3. The largest absolute Gasteiger partial charge is 0.454 e. The van der Waals surface area contributed by atoms with Crippen LogP contribution in [0.3, 0.4) is 0 Å². The Bertz CT molecular complexity index is 802. The molecular formula is C13H8F3N3OS. The van der Waals surface area contributed by atoms with Gasteiger partial charge in [-0.25, -0.2) is 9.67 Å². The highest BCUT2D eigenvalue weighted by atomic mass is 32.1. The Morgan fingerprint density at radius 3 is 2.67 bits per heavy atom. The van der Waals surface area contributed by atoms with Crippen LogP contribution < -0.4 is 0 Å². The average molecular weight is 311 g/mol. The third kappa shape index (κ3) is 2.31. The van der Waals surface area contributed by atoms with E-state index in [4.69, 9.17) is 0 Å². The van der Waals surface area contributed by atoms with Crippen LogP contribution in [0.1, 0.15) is 16.1 Å². The summed E-state index contributed by atoms with van der Waals surface area (Å²) >= 11 is 1.29. The van der Waals surface area contributed by atoms with E-state index in [9.17, 15) is 18.0 Å². The van der Waals surface area contributed by atoms with Crippen molar-refractivity contribution >= 4 is 27.3 Å². The summed E-state index contributed by atoms with van der Waals surface area (Å²) in [4.78, 5) is 15.6. The number of halogens is 3. The number of carbonyl (C=O) groups is 1. The van der Waals surface area contributed by atoms with Gasteiger partial charge in [0.1, 0.15) is 0 Å². The van der Waals surface area contributed by atoms with Crippen molar-refractivity contribution in [2.75, 3.05) is 0 Å². The monoisotopic (exact) mass is 311 g/mol. The number of carbonyl (C=O) groups excluding carboxylic acids is 1. The predicted molar refractivity (Wildman–Crippen MR) is 71.9 cm³/mol. The second-order valence-corrected chi connectivity index (χ2v) is 5.36. The number of benzene rings is 1. The van der Waals surface area contributed by atoms with Crippen LogP contribution in [0, 0.1) is 6.92 Å². The summed E-state index contributed by atoms with van der Waals surface area (Å²) in [5.74, 6) is -1.90. The maximum Gasteiger partial charge on any atom is 0.454 e. The Hall–Kier alpha value is -2.22. The summed E-state index contributed by atoms with van der Waals surface area (Å²) in [7, 11) is 0. The van der Waals surface area contributed by atoms with Crippen molar-refractivity contribution in [2.24, 2.45) is 0 Å². The molecule has 4 nitrogen and oxygen atoms in total. The van der Waals surface area contributed by atoms with E-state index in [1.807, 2.05) is 18.2 Å². The van der Waals surface area contributed by atoms with Gasteiger partial charge in [-0.3, -0.25) is 4.79 Å². The van der Waals surface area contributed by atoms with Crippen molar-refractivity contribution in [2.45, 2.75) is 13.1 Å². The van der Waals surface area contributed by atoms with Crippen LogP contribution in [0.5, 0.6) is 0 Å². The lowest BCUT2D eigenvalue weighted by atomic mass is 10.2. The molecule has 0 N–H and O–H groups in total. The van der Waals surface area contributed by atoms with E-state index in [1.54, 1.807) is 6.07 Å². The van der Waals surface area contributed by atoms with Crippen molar-refractivity contribution in [3.63, 3.8) is 0 Å². The minimum Gasteiger partial charge on any atom is -0.284 e. The van der Waals surface area contributed by atoms with Crippen molar-refractivity contribution in [1.29, 1.82) is 0 Å². The fourth-order valence-corrected chi connectivity index (χ4v) is 2.90. The summed E-state index contributed by atoms with van der Waals surface area (Å²) in [5, 5.41) is 4.29. The zero-order valence-electron chi connectivity index (χ0n) is 10.7. The van der Waals surface area contributed by atoms with E-state index in [0.29, 0.717) is 5.13 Å². The van der Waals surface area contributed by atoms with Gasteiger partial charge >= 0.3 is 6.18 Å². The lowest BCUT2D eigenvalue weighted by Crippen LogP contribution is -2.23. The van der Waals surface area contributed by atoms with Gasteiger partial charge in [0.15, 0.2) is 0 Å². The minimum atomic E-state index is -4.91. The molecule has 0 atom stereocenters. The fraction of sp³-hybridized carbons (Fsp3) is 0.154. The van der Waals surface area contributed by atoms with Crippen LogP contribution in [-0.2, 0) is 0 Å². The number of hydrogen-bond donors (Lipinski definition) is 0. The average Bonchev–Trinajstić information content (AvgIpc) is 2.99. The Morgan fingerprint density at radius 2 is 2.00 bits per heavy atom. The minimum absolute atomic E-state index is 0.122. The number of Topliss-reactive ketones (excluding diaryl/α,β-unsaturated/α-hetero) is 1. The molecule has 0 amide bonds. The van der Waals surface area contributed by atoms with Crippen LogP contribution in [0.4, 0.5) is 13.2 Å². The van der Waals surface area contributed by atoms with Crippen LogP contribution in [0.2, 0.25) is 0 Å². The smallest absolute Gasteiger partial charge is 0.284 e. The Labute approximate surface area is 120 Å². The number of fused-ring (bicyclic) bond motifs is 1. The van der Waals surface area contributed by atoms with E-state index in [0.717, 1.165) is 16.4 Å². The lowest BCUT2D eigenvalue weighted by Gasteiger charge is -2.04. The highest BCUT2D eigenvalue weighted by molar-refractivity contribution is 7.20. The van der Waals surface area contributed by atoms with Gasteiger partial charge in [-0.05, 0) is 19.1 Å². The number of para-hydroxylation sites is 1. The van der Waals surface area contributed by atoms with E-state index in [1.165, 1.54) is 22.9 Å².